The van der Waals surface area contributed by atoms with E-state index in [0.29, 0.717) is 31.1 Å². The zero-order valence-electron chi connectivity index (χ0n) is 15.3. The van der Waals surface area contributed by atoms with Crippen molar-refractivity contribution in [2.45, 2.75) is 66.1 Å². The second-order valence-electron chi connectivity index (χ2n) is 6.85. The molecule has 2 aromatic heterocycles. The van der Waals surface area contributed by atoms with Gasteiger partial charge in [0.2, 0.25) is 5.91 Å². The van der Waals surface area contributed by atoms with Gasteiger partial charge >= 0.3 is 0 Å². The zero-order valence-corrected chi connectivity index (χ0v) is 16.2. The minimum Gasteiger partial charge on any atom is -0.335 e. The Labute approximate surface area is 152 Å². The Hall–Kier alpha value is -1.95. The van der Waals surface area contributed by atoms with E-state index in [1.807, 2.05) is 18.7 Å². The van der Waals surface area contributed by atoms with Crippen LogP contribution in [0.15, 0.2) is 11.4 Å². The number of hydrogen-bond acceptors (Lipinski definition) is 4. The Morgan fingerprint density at radius 2 is 2.04 bits per heavy atom. The predicted molar refractivity (Wildman–Crippen MR) is 99.0 cm³/mol. The molecule has 0 atom stereocenters. The molecule has 1 aliphatic carbocycles. The first-order chi connectivity index (χ1) is 11.9. The summed E-state index contributed by atoms with van der Waals surface area (Å²) in [6, 6.07) is 2.50. The lowest BCUT2D eigenvalue weighted by atomic mass is 10.1. The van der Waals surface area contributed by atoms with Gasteiger partial charge in [-0.05, 0) is 57.5 Å². The maximum atomic E-state index is 12.8. The first kappa shape index (κ1) is 17.9. The van der Waals surface area contributed by atoms with Gasteiger partial charge in [0.05, 0.1) is 17.8 Å². The molecule has 3 rings (SSSR count). The molecule has 134 valence electrons. The van der Waals surface area contributed by atoms with Crippen LogP contribution >= 0.6 is 11.3 Å². The average molecular weight is 359 g/mol. The molecule has 0 aromatic carbocycles. The van der Waals surface area contributed by atoms with Gasteiger partial charge in [-0.25, -0.2) is 0 Å². The van der Waals surface area contributed by atoms with Crippen molar-refractivity contribution in [1.82, 2.24) is 14.7 Å². The Balaban J connectivity index is 1.67. The lowest BCUT2D eigenvalue weighted by Crippen LogP contribution is -2.33. The highest BCUT2D eigenvalue weighted by Gasteiger charge is 2.32. The van der Waals surface area contributed by atoms with Crippen LogP contribution in [0.25, 0.3) is 0 Å². The lowest BCUT2D eigenvalue weighted by Gasteiger charge is -2.22. The van der Waals surface area contributed by atoms with Crippen molar-refractivity contribution >= 4 is 23.0 Å². The first-order valence-corrected chi connectivity index (χ1v) is 9.63. The molecular weight excluding hydrogens is 334 g/mol. The Morgan fingerprint density at radius 3 is 2.56 bits per heavy atom. The summed E-state index contributed by atoms with van der Waals surface area (Å²) in [6.07, 6.45) is 2.62. The van der Waals surface area contributed by atoms with Crippen LogP contribution in [0.1, 0.15) is 58.4 Å². The van der Waals surface area contributed by atoms with E-state index >= 15 is 0 Å². The molecule has 0 aliphatic heterocycles. The first-order valence-electron chi connectivity index (χ1n) is 8.76. The van der Waals surface area contributed by atoms with Crippen LogP contribution in [0.3, 0.4) is 0 Å². The summed E-state index contributed by atoms with van der Waals surface area (Å²) >= 11 is 1.72. The van der Waals surface area contributed by atoms with Crippen LogP contribution in [0.2, 0.25) is 0 Å². The zero-order chi connectivity index (χ0) is 18.1. The summed E-state index contributed by atoms with van der Waals surface area (Å²) in [4.78, 5) is 27.8. The van der Waals surface area contributed by atoms with E-state index in [9.17, 15) is 9.59 Å². The maximum Gasteiger partial charge on any atom is 0.225 e. The second kappa shape index (κ2) is 7.12. The smallest absolute Gasteiger partial charge is 0.225 e. The van der Waals surface area contributed by atoms with E-state index in [2.05, 4.69) is 23.5 Å². The van der Waals surface area contributed by atoms with E-state index in [1.54, 1.807) is 22.9 Å². The van der Waals surface area contributed by atoms with Crippen molar-refractivity contribution < 1.29 is 9.59 Å². The number of aryl methyl sites for hydroxylation is 3. The fourth-order valence-corrected chi connectivity index (χ4v) is 4.20. The van der Waals surface area contributed by atoms with Gasteiger partial charge in [-0.3, -0.25) is 14.3 Å². The molecule has 1 fully saturated rings. The largest absolute Gasteiger partial charge is 0.335 e. The van der Waals surface area contributed by atoms with Gasteiger partial charge in [0.1, 0.15) is 0 Å². The van der Waals surface area contributed by atoms with Crippen molar-refractivity contribution in [3.05, 3.63) is 38.8 Å². The van der Waals surface area contributed by atoms with Gasteiger partial charge in [0.25, 0.3) is 0 Å². The molecule has 2 heterocycles. The van der Waals surface area contributed by atoms with Crippen molar-refractivity contribution in [2.75, 3.05) is 0 Å². The highest BCUT2D eigenvalue weighted by molar-refractivity contribution is 7.10. The predicted octanol–water partition coefficient (Wildman–Crippen LogP) is 3.65. The minimum atomic E-state index is 0.0281. The number of ketones is 1. The molecule has 0 radical (unpaired) electrons. The molecule has 0 spiro atoms. The molecule has 0 unspecified atom stereocenters. The standard InChI is InChI=1S/C19H25N3O2S/c1-12-8-10-25-17(12)11-21(16-5-6-16)18(24)7-9-22-14(3)19(15(4)23)13(2)20-22/h8,10,16H,5-7,9,11H2,1-4H3. The van der Waals surface area contributed by atoms with Gasteiger partial charge < -0.3 is 4.90 Å². The monoisotopic (exact) mass is 359 g/mol. The summed E-state index contributed by atoms with van der Waals surface area (Å²) in [5.41, 5.74) is 3.53. The number of aromatic nitrogens is 2. The highest BCUT2D eigenvalue weighted by Crippen LogP contribution is 2.31. The maximum absolute atomic E-state index is 12.8. The van der Waals surface area contributed by atoms with Crippen LogP contribution < -0.4 is 0 Å². The van der Waals surface area contributed by atoms with E-state index < -0.39 is 0 Å². The summed E-state index contributed by atoms with van der Waals surface area (Å²) < 4.78 is 1.80. The number of hydrogen-bond donors (Lipinski definition) is 0. The normalized spacial score (nSPS) is 13.9. The quantitative estimate of drug-likeness (QED) is 0.709. The number of nitrogens with zero attached hydrogens (tertiary/aromatic N) is 3. The van der Waals surface area contributed by atoms with Crippen molar-refractivity contribution in [1.29, 1.82) is 0 Å². The van der Waals surface area contributed by atoms with Crippen LogP contribution in [-0.2, 0) is 17.9 Å². The average Bonchev–Trinajstić information content (AvgIpc) is 3.24. The molecule has 0 bridgehead atoms. The number of rotatable bonds is 7. The Bertz CT molecular complexity index is 802. The van der Waals surface area contributed by atoms with Crippen molar-refractivity contribution in [2.24, 2.45) is 0 Å². The van der Waals surface area contributed by atoms with E-state index in [1.165, 1.54) is 10.4 Å². The van der Waals surface area contributed by atoms with Crippen LogP contribution in [0, 0.1) is 20.8 Å². The number of Topliss-reactive ketones (excluding diaryl/α,β-unsaturated/α-hetero) is 1. The van der Waals surface area contributed by atoms with Crippen LogP contribution in [0.5, 0.6) is 0 Å². The summed E-state index contributed by atoms with van der Waals surface area (Å²) in [5.74, 6) is 0.201. The molecule has 0 N–H and O–H groups in total. The molecule has 0 saturated heterocycles. The SMILES string of the molecule is CC(=O)c1c(C)nn(CCC(=O)N(Cc2sccc2C)C2CC2)c1C. The molecule has 1 aliphatic rings. The molecule has 1 amide bonds. The summed E-state index contributed by atoms with van der Waals surface area (Å²) in [6.45, 7) is 8.63. The fraction of sp³-hybridized carbons (Fsp3) is 0.526. The number of thiophene rings is 1. The third-order valence-electron chi connectivity index (χ3n) is 4.86. The van der Waals surface area contributed by atoms with E-state index in [0.717, 1.165) is 24.2 Å². The van der Waals surface area contributed by atoms with Gasteiger partial charge in [0, 0.05) is 29.6 Å². The molecule has 25 heavy (non-hydrogen) atoms. The number of carbonyl (C=O) groups excluding carboxylic acids is 2. The number of amides is 1. The molecular formula is C19H25N3O2S. The summed E-state index contributed by atoms with van der Waals surface area (Å²) in [7, 11) is 0. The molecule has 5 nitrogen and oxygen atoms in total. The topological polar surface area (TPSA) is 55.2 Å². The van der Waals surface area contributed by atoms with Crippen molar-refractivity contribution in [3.63, 3.8) is 0 Å². The highest BCUT2D eigenvalue weighted by atomic mass is 32.1. The van der Waals surface area contributed by atoms with E-state index in [-0.39, 0.29) is 11.7 Å². The van der Waals surface area contributed by atoms with Crippen molar-refractivity contribution in [3.8, 4) is 0 Å². The second-order valence-corrected chi connectivity index (χ2v) is 7.86. The third-order valence-corrected chi connectivity index (χ3v) is 5.87. The molecule has 2 aromatic rings. The van der Waals surface area contributed by atoms with Gasteiger partial charge in [-0.1, -0.05) is 0 Å². The molecule has 6 heteroatoms. The van der Waals surface area contributed by atoms with Gasteiger partial charge in [-0.2, -0.15) is 5.10 Å². The third kappa shape index (κ3) is 3.84. The van der Waals surface area contributed by atoms with Crippen LogP contribution in [0.4, 0.5) is 0 Å². The van der Waals surface area contributed by atoms with E-state index in [4.69, 9.17) is 0 Å². The molecule has 1 saturated carbocycles. The summed E-state index contributed by atoms with van der Waals surface area (Å²) in [5, 5.41) is 6.52. The Kier molecular flexibility index (Phi) is 5.08. The lowest BCUT2D eigenvalue weighted by molar-refractivity contribution is -0.132. The minimum absolute atomic E-state index is 0.0281. The van der Waals surface area contributed by atoms with Gasteiger partial charge in [0.15, 0.2) is 5.78 Å². The van der Waals surface area contributed by atoms with Gasteiger partial charge in [-0.15, -0.1) is 11.3 Å². The Morgan fingerprint density at radius 1 is 1.32 bits per heavy atom. The number of carbonyl (C=O) groups is 2. The fourth-order valence-electron chi connectivity index (χ4n) is 3.30. The van der Waals surface area contributed by atoms with Crippen LogP contribution in [-0.4, -0.2) is 32.4 Å².